The Kier molecular flexibility index (Phi) is 3.59. The maximum atomic E-state index is 5.40. The highest BCUT2D eigenvalue weighted by Crippen LogP contribution is 2.38. The highest BCUT2D eigenvalue weighted by Gasteiger charge is 2.16. The lowest BCUT2D eigenvalue weighted by atomic mass is 10.1. The molecule has 0 atom stereocenters. The molecule has 0 unspecified atom stereocenters. The summed E-state index contributed by atoms with van der Waals surface area (Å²) in [7, 11) is 1.67. The molecule has 3 heteroatoms. The molecule has 0 amide bonds. The van der Waals surface area contributed by atoms with Crippen molar-refractivity contribution < 1.29 is 14.2 Å². The molecule has 1 aliphatic rings. The molecule has 0 aromatic heterocycles. The van der Waals surface area contributed by atoms with Crippen LogP contribution in [0.25, 0.3) is 6.08 Å². The predicted molar refractivity (Wildman–Crippen MR) is 78.3 cm³/mol. The summed E-state index contributed by atoms with van der Waals surface area (Å²) in [4.78, 5) is 0. The monoisotopic (exact) mass is 268 g/mol. The van der Waals surface area contributed by atoms with Crippen molar-refractivity contribution in [3.8, 4) is 17.2 Å². The van der Waals surface area contributed by atoms with Crippen LogP contribution in [0.5, 0.6) is 17.2 Å². The normalized spacial score (nSPS) is 12.8. The van der Waals surface area contributed by atoms with E-state index in [4.69, 9.17) is 14.2 Å². The van der Waals surface area contributed by atoms with Gasteiger partial charge in [0.2, 0.25) is 6.79 Å². The van der Waals surface area contributed by atoms with Crippen LogP contribution in [-0.2, 0) is 6.42 Å². The van der Waals surface area contributed by atoms with Gasteiger partial charge in [0, 0.05) is 11.6 Å². The molecule has 3 rings (SSSR count). The Labute approximate surface area is 118 Å². The van der Waals surface area contributed by atoms with Crippen LogP contribution in [0, 0.1) is 0 Å². The van der Waals surface area contributed by atoms with E-state index >= 15 is 0 Å². The predicted octanol–water partition coefficient (Wildman–Crippen LogP) is 3.68. The van der Waals surface area contributed by atoms with E-state index in [0.29, 0.717) is 0 Å². The number of allylic oxidation sites excluding steroid dienone is 1. The average molecular weight is 268 g/mol. The topological polar surface area (TPSA) is 27.7 Å². The summed E-state index contributed by atoms with van der Waals surface area (Å²) >= 11 is 0. The second-order valence-corrected chi connectivity index (χ2v) is 4.53. The van der Waals surface area contributed by atoms with Gasteiger partial charge in [-0.3, -0.25) is 0 Å². The van der Waals surface area contributed by atoms with Gasteiger partial charge in [0.15, 0.2) is 11.5 Å². The van der Waals surface area contributed by atoms with Crippen LogP contribution in [-0.4, -0.2) is 13.9 Å². The molecular formula is C17H16O3. The van der Waals surface area contributed by atoms with Gasteiger partial charge in [-0.25, -0.2) is 0 Å². The van der Waals surface area contributed by atoms with Crippen molar-refractivity contribution in [2.45, 2.75) is 6.42 Å². The first-order chi connectivity index (χ1) is 9.86. The fourth-order valence-electron chi connectivity index (χ4n) is 2.20. The molecule has 0 saturated carbocycles. The van der Waals surface area contributed by atoms with Gasteiger partial charge in [0.1, 0.15) is 5.75 Å². The molecule has 0 N–H and O–H groups in total. The lowest BCUT2D eigenvalue weighted by molar-refractivity contribution is 0.174. The molecule has 2 aromatic carbocycles. The van der Waals surface area contributed by atoms with E-state index in [1.807, 2.05) is 30.3 Å². The molecule has 0 radical (unpaired) electrons. The van der Waals surface area contributed by atoms with Gasteiger partial charge in [0.05, 0.1) is 7.11 Å². The minimum absolute atomic E-state index is 0.280. The summed E-state index contributed by atoms with van der Waals surface area (Å²) in [5.74, 6) is 2.36. The third-order valence-electron chi connectivity index (χ3n) is 3.22. The number of hydrogen-bond donors (Lipinski definition) is 0. The quantitative estimate of drug-likeness (QED) is 0.846. The Morgan fingerprint density at radius 2 is 1.85 bits per heavy atom. The summed E-state index contributed by atoms with van der Waals surface area (Å²) in [6.45, 7) is 0.280. The molecule has 0 aliphatic carbocycles. The largest absolute Gasteiger partial charge is 0.496 e. The van der Waals surface area contributed by atoms with Gasteiger partial charge in [-0.2, -0.15) is 0 Å². The van der Waals surface area contributed by atoms with Crippen LogP contribution in [0.4, 0.5) is 0 Å². The molecular weight excluding hydrogens is 252 g/mol. The SMILES string of the molecule is COc1cc2c(cc1C/C=C/c1ccccc1)OCO2. The Hall–Kier alpha value is -2.42. The van der Waals surface area contributed by atoms with Crippen LogP contribution in [0.2, 0.25) is 0 Å². The maximum absolute atomic E-state index is 5.40. The van der Waals surface area contributed by atoms with Crippen molar-refractivity contribution in [3.63, 3.8) is 0 Å². The average Bonchev–Trinajstić information content (AvgIpc) is 2.94. The standard InChI is InChI=1S/C17H16O3/c1-18-15-11-17-16(19-12-20-17)10-14(15)9-5-8-13-6-3-2-4-7-13/h2-8,10-11H,9,12H2,1H3/b8-5+. The Bertz CT molecular complexity index is 618. The van der Waals surface area contributed by atoms with E-state index in [2.05, 4.69) is 24.3 Å². The third-order valence-corrected chi connectivity index (χ3v) is 3.22. The van der Waals surface area contributed by atoms with Crippen molar-refractivity contribution in [2.75, 3.05) is 13.9 Å². The number of ether oxygens (including phenoxy) is 3. The zero-order valence-corrected chi connectivity index (χ0v) is 11.3. The molecule has 20 heavy (non-hydrogen) atoms. The number of hydrogen-bond acceptors (Lipinski definition) is 3. The van der Waals surface area contributed by atoms with Gasteiger partial charge in [0.25, 0.3) is 0 Å². The van der Waals surface area contributed by atoms with Crippen molar-refractivity contribution in [1.29, 1.82) is 0 Å². The highest BCUT2D eigenvalue weighted by molar-refractivity contribution is 5.54. The first-order valence-corrected chi connectivity index (χ1v) is 6.55. The van der Waals surface area contributed by atoms with Crippen LogP contribution in [0.3, 0.4) is 0 Å². The maximum Gasteiger partial charge on any atom is 0.231 e. The smallest absolute Gasteiger partial charge is 0.231 e. The molecule has 1 aliphatic heterocycles. The second-order valence-electron chi connectivity index (χ2n) is 4.53. The molecule has 2 aromatic rings. The Morgan fingerprint density at radius 1 is 1.10 bits per heavy atom. The number of rotatable bonds is 4. The first-order valence-electron chi connectivity index (χ1n) is 6.55. The van der Waals surface area contributed by atoms with Crippen LogP contribution in [0.15, 0.2) is 48.5 Å². The number of benzene rings is 2. The van der Waals surface area contributed by atoms with E-state index < -0.39 is 0 Å². The zero-order valence-electron chi connectivity index (χ0n) is 11.3. The van der Waals surface area contributed by atoms with Gasteiger partial charge < -0.3 is 14.2 Å². The van der Waals surface area contributed by atoms with Gasteiger partial charge in [-0.15, -0.1) is 0 Å². The molecule has 1 heterocycles. The van der Waals surface area contributed by atoms with Gasteiger partial charge >= 0.3 is 0 Å². The number of methoxy groups -OCH3 is 1. The molecule has 0 spiro atoms. The van der Waals surface area contributed by atoms with Crippen molar-refractivity contribution in [1.82, 2.24) is 0 Å². The van der Waals surface area contributed by atoms with E-state index in [-0.39, 0.29) is 6.79 Å². The van der Waals surface area contributed by atoms with Crippen molar-refractivity contribution in [2.24, 2.45) is 0 Å². The summed E-state index contributed by atoms with van der Waals surface area (Å²) in [5, 5.41) is 0. The summed E-state index contributed by atoms with van der Waals surface area (Å²) in [5.41, 5.74) is 2.27. The minimum atomic E-state index is 0.280. The Morgan fingerprint density at radius 3 is 2.60 bits per heavy atom. The third kappa shape index (κ3) is 2.62. The van der Waals surface area contributed by atoms with E-state index in [0.717, 1.165) is 29.2 Å². The lowest BCUT2D eigenvalue weighted by Crippen LogP contribution is -1.92. The molecule has 0 fully saturated rings. The second kappa shape index (κ2) is 5.70. The molecule has 102 valence electrons. The molecule has 0 saturated heterocycles. The van der Waals surface area contributed by atoms with E-state index in [9.17, 15) is 0 Å². The van der Waals surface area contributed by atoms with Crippen LogP contribution >= 0.6 is 0 Å². The minimum Gasteiger partial charge on any atom is -0.496 e. The fourth-order valence-corrected chi connectivity index (χ4v) is 2.20. The van der Waals surface area contributed by atoms with Gasteiger partial charge in [-0.05, 0) is 18.1 Å². The zero-order chi connectivity index (χ0) is 13.8. The van der Waals surface area contributed by atoms with Crippen molar-refractivity contribution in [3.05, 3.63) is 59.7 Å². The summed E-state index contributed by atoms with van der Waals surface area (Å²) < 4.78 is 16.2. The Balaban J connectivity index is 1.79. The van der Waals surface area contributed by atoms with Crippen molar-refractivity contribution >= 4 is 6.08 Å². The first kappa shape index (κ1) is 12.6. The van der Waals surface area contributed by atoms with Gasteiger partial charge in [-0.1, -0.05) is 42.5 Å². The fraction of sp³-hybridized carbons (Fsp3) is 0.176. The number of fused-ring (bicyclic) bond motifs is 1. The molecule has 0 bridgehead atoms. The van der Waals surface area contributed by atoms with Crippen LogP contribution < -0.4 is 14.2 Å². The van der Waals surface area contributed by atoms with Crippen LogP contribution in [0.1, 0.15) is 11.1 Å². The van der Waals surface area contributed by atoms with E-state index in [1.54, 1.807) is 7.11 Å². The molecule has 3 nitrogen and oxygen atoms in total. The van der Waals surface area contributed by atoms with E-state index in [1.165, 1.54) is 5.56 Å². The summed E-state index contributed by atoms with van der Waals surface area (Å²) in [6.07, 6.45) is 5.01. The lowest BCUT2D eigenvalue weighted by Gasteiger charge is -2.08. The highest BCUT2D eigenvalue weighted by atomic mass is 16.7. The summed E-state index contributed by atoms with van der Waals surface area (Å²) in [6, 6.07) is 14.1.